The highest BCUT2D eigenvalue weighted by molar-refractivity contribution is 5.71. The smallest absolute Gasteiger partial charge is 0.306 e. The van der Waals surface area contributed by atoms with Crippen molar-refractivity contribution in [2.75, 3.05) is 13.2 Å². The summed E-state index contributed by atoms with van der Waals surface area (Å²) in [5.74, 6) is 1.78. The Morgan fingerprint density at radius 3 is 0.754 bits per heavy atom. The van der Waals surface area contributed by atoms with Gasteiger partial charge in [-0.3, -0.25) is 14.4 Å². The zero-order valence-electron chi connectivity index (χ0n) is 47.6. The predicted octanol–water partition coefficient (Wildman–Crippen LogP) is 20.7. The van der Waals surface area contributed by atoms with Gasteiger partial charge in [0.1, 0.15) is 13.2 Å². The highest BCUT2D eigenvalue weighted by Crippen LogP contribution is 2.20. The number of hydrogen-bond donors (Lipinski definition) is 0. The van der Waals surface area contributed by atoms with Crippen molar-refractivity contribution in [3.05, 3.63) is 0 Å². The van der Waals surface area contributed by atoms with Crippen LogP contribution >= 0.6 is 0 Å². The van der Waals surface area contributed by atoms with Gasteiger partial charge >= 0.3 is 17.9 Å². The third-order valence-electron chi connectivity index (χ3n) is 15.1. The largest absolute Gasteiger partial charge is 0.462 e. The second kappa shape index (κ2) is 54.2. The number of hydrogen-bond acceptors (Lipinski definition) is 6. The molecule has 0 aromatic rings. The third kappa shape index (κ3) is 54.0. The first-order valence-corrected chi connectivity index (χ1v) is 31.2. The third-order valence-corrected chi connectivity index (χ3v) is 15.1. The van der Waals surface area contributed by atoms with E-state index in [0.29, 0.717) is 19.3 Å². The molecule has 0 aromatic carbocycles. The van der Waals surface area contributed by atoms with E-state index in [9.17, 15) is 14.4 Å². The fraction of sp³-hybridized carbons (Fsp3) is 0.952. The van der Waals surface area contributed by atoms with Crippen LogP contribution in [-0.4, -0.2) is 37.2 Å². The molecule has 0 heterocycles. The number of carbonyl (C=O) groups excluding carboxylic acids is 3. The first-order chi connectivity index (χ1) is 33.7. The molecule has 6 nitrogen and oxygen atoms in total. The van der Waals surface area contributed by atoms with Crippen LogP contribution in [-0.2, 0) is 28.6 Å². The van der Waals surface area contributed by atoms with Crippen LogP contribution in [0.2, 0.25) is 0 Å². The first-order valence-electron chi connectivity index (χ1n) is 31.2. The van der Waals surface area contributed by atoms with Crippen LogP contribution < -0.4 is 0 Å². The summed E-state index contributed by atoms with van der Waals surface area (Å²) in [6, 6.07) is 0. The van der Waals surface area contributed by atoms with Crippen molar-refractivity contribution in [2.24, 2.45) is 17.8 Å². The van der Waals surface area contributed by atoms with E-state index in [0.717, 1.165) is 75.5 Å². The fourth-order valence-corrected chi connectivity index (χ4v) is 9.64. The second-order valence-corrected chi connectivity index (χ2v) is 22.7. The van der Waals surface area contributed by atoms with Crippen LogP contribution in [0.15, 0.2) is 0 Å². The molecule has 0 radical (unpaired) electrons. The van der Waals surface area contributed by atoms with Crippen LogP contribution in [0.5, 0.6) is 0 Å². The van der Waals surface area contributed by atoms with Crippen molar-refractivity contribution >= 4 is 17.9 Å². The van der Waals surface area contributed by atoms with Gasteiger partial charge in [-0.05, 0) is 37.0 Å². The molecule has 3 atom stereocenters. The molecule has 0 amide bonds. The topological polar surface area (TPSA) is 78.9 Å². The molecule has 0 aromatic heterocycles. The quantitative estimate of drug-likeness (QED) is 0.0343. The van der Waals surface area contributed by atoms with Crippen molar-refractivity contribution in [1.82, 2.24) is 0 Å². The summed E-state index contributed by atoms with van der Waals surface area (Å²) in [5.41, 5.74) is 0. The zero-order chi connectivity index (χ0) is 50.5. The maximum atomic E-state index is 12.9. The molecule has 0 bridgehead atoms. The molecular weight excluding hydrogens is 853 g/mol. The Kier molecular flexibility index (Phi) is 52.9. The second-order valence-electron chi connectivity index (χ2n) is 22.7. The minimum Gasteiger partial charge on any atom is -0.462 e. The molecule has 0 spiro atoms. The number of rotatable bonds is 56. The average Bonchev–Trinajstić information content (AvgIpc) is 3.34. The summed E-state index contributed by atoms with van der Waals surface area (Å²) >= 11 is 0. The molecule has 0 rings (SSSR count). The number of esters is 3. The summed E-state index contributed by atoms with van der Waals surface area (Å²) in [7, 11) is 0. The summed E-state index contributed by atoms with van der Waals surface area (Å²) in [5, 5.41) is 0. The Morgan fingerprint density at radius 2 is 0.507 bits per heavy atom. The van der Waals surface area contributed by atoms with Crippen molar-refractivity contribution in [1.29, 1.82) is 0 Å². The maximum Gasteiger partial charge on any atom is 0.306 e. The van der Waals surface area contributed by atoms with Gasteiger partial charge in [0.2, 0.25) is 0 Å². The monoisotopic (exact) mass is 975 g/mol. The minimum atomic E-state index is -0.764. The molecule has 6 heteroatoms. The predicted molar refractivity (Wildman–Crippen MR) is 298 cm³/mol. The van der Waals surface area contributed by atoms with Crippen LogP contribution in [0.1, 0.15) is 350 Å². The molecule has 0 fully saturated rings. The molecule has 69 heavy (non-hydrogen) atoms. The molecule has 2 unspecified atom stereocenters. The van der Waals surface area contributed by atoms with Gasteiger partial charge in [-0.1, -0.05) is 311 Å². The normalized spacial score (nSPS) is 12.9. The molecule has 0 aliphatic carbocycles. The lowest BCUT2D eigenvalue weighted by molar-refractivity contribution is -0.167. The fourth-order valence-electron chi connectivity index (χ4n) is 9.64. The Hall–Kier alpha value is -1.59. The highest BCUT2D eigenvalue weighted by atomic mass is 16.6. The van der Waals surface area contributed by atoms with Crippen LogP contribution in [0.25, 0.3) is 0 Å². The lowest BCUT2D eigenvalue weighted by Gasteiger charge is -2.18. The van der Waals surface area contributed by atoms with Crippen LogP contribution in [0.4, 0.5) is 0 Å². The van der Waals surface area contributed by atoms with Gasteiger partial charge < -0.3 is 14.2 Å². The standard InChI is InChI=1S/C63H122O6/c1-7-58(5)50-44-38-32-26-20-16-13-14-18-22-29-35-41-47-53-62(65)68-56-60(69-63(66)54-48-42-36-30-24-23-27-33-39-45-51-59(6)8-2)55-67-61(64)52-46-40-34-28-21-17-12-10-9-11-15-19-25-31-37-43-49-57(3)4/h57-60H,7-56H2,1-6H3/t58?,59?,60-/m0/s1. The Balaban J connectivity index is 4.28. The summed E-state index contributed by atoms with van der Waals surface area (Å²) in [4.78, 5) is 38.3. The van der Waals surface area contributed by atoms with E-state index in [4.69, 9.17) is 14.2 Å². The lowest BCUT2D eigenvalue weighted by Crippen LogP contribution is -2.30. The number of unbranched alkanes of at least 4 members (excludes halogenated alkanes) is 37. The average molecular weight is 976 g/mol. The Morgan fingerprint density at radius 1 is 0.290 bits per heavy atom. The van der Waals surface area contributed by atoms with E-state index in [1.54, 1.807) is 0 Å². The van der Waals surface area contributed by atoms with Crippen molar-refractivity contribution < 1.29 is 28.6 Å². The molecule has 410 valence electrons. The van der Waals surface area contributed by atoms with Crippen molar-refractivity contribution in [2.45, 2.75) is 356 Å². The maximum absolute atomic E-state index is 12.9. The first kappa shape index (κ1) is 67.4. The van der Waals surface area contributed by atoms with Gasteiger partial charge in [0, 0.05) is 19.3 Å². The highest BCUT2D eigenvalue weighted by Gasteiger charge is 2.19. The van der Waals surface area contributed by atoms with E-state index in [1.807, 2.05) is 0 Å². The van der Waals surface area contributed by atoms with Gasteiger partial charge in [0.15, 0.2) is 6.10 Å². The van der Waals surface area contributed by atoms with Crippen LogP contribution in [0, 0.1) is 17.8 Å². The van der Waals surface area contributed by atoms with Gasteiger partial charge in [0.05, 0.1) is 0 Å². The van der Waals surface area contributed by atoms with E-state index >= 15 is 0 Å². The molecular formula is C63H122O6. The minimum absolute atomic E-state index is 0.0631. The molecule has 0 aliphatic rings. The molecule has 0 saturated carbocycles. The van der Waals surface area contributed by atoms with Gasteiger partial charge in [-0.2, -0.15) is 0 Å². The molecule has 0 aliphatic heterocycles. The van der Waals surface area contributed by atoms with Crippen molar-refractivity contribution in [3.63, 3.8) is 0 Å². The summed E-state index contributed by atoms with van der Waals surface area (Å²) in [6.07, 6.45) is 58.0. The Labute approximate surface area is 431 Å². The van der Waals surface area contributed by atoms with Crippen molar-refractivity contribution in [3.8, 4) is 0 Å². The van der Waals surface area contributed by atoms with Crippen LogP contribution in [0.3, 0.4) is 0 Å². The van der Waals surface area contributed by atoms with Gasteiger partial charge in [0.25, 0.3) is 0 Å². The molecule has 0 N–H and O–H groups in total. The van der Waals surface area contributed by atoms with Gasteiger partial charge in [-0.15, -0.1) is 0 Å². The lowest BCUT2D eigenvalue weighted by atomic mass is 9.99. The van der Waals surface area contributed by atoms with E-state index < -0.39 is 6.10 Å². The zero-order valence-corrected chi connectivity index (χ0v) is 47.6. The van der Waals surface area contributed by atoms with E-state index in [1.165, 1.54) is 231 Å². The Bertz CT molecular complexity index is 1070. The number of ether oxygens (including phenoxy) is 3. The molecule has 0 saturated heterocycles. The number of carbonyl (C=O) groups is 3. The van der Waals surface area contributed by atoms with E-state index in [-0.39, 0.29) is 31.1 Å². The summed E-state index contributed by atoms with van der Waals surface area (Å²) < 4.78 is 16.9. The van der Waals surface area contributed by atoms with E-state index in [2.05, 4.69) is 41.5 Å². The SMILES string of the molecule is CCC(C)CCCCCCCCCCCCCCCCC(=O)OC[C@H](COC(=O)CCCCCCCCCCCCCCCCCCC(C)C)OC(=O)CCCCCCCCCCCCC(C)CC. The van der Waals surface area contributed by atoms with Gasteiger partial charge in [-0.25, -0.2) is 0 Å². The summed E-state index contributed by atoms with van der Waals surface area (Å²) in [6.45, 7) is 13.9.